The first-order valence-electron chi connectivity index (χ1n) is 14.0. The van der Waals surface area contributed by atoms with Gasteiger partial charge in [0.2, 0.25) is 5.91 Å². The van der Waals surface area contributed by atoms with Gasteiger partial charge in [-0.2, -0.15) is 0 Å². The normalized spacial score (nSPS) is 16.7. The molecule has 10 nitrogen and oxygen atoms in total. The number of ketones is 1. The van der Waals surface area contributed by atoms with Gasteiger partial charge in [0.15, 0.2) is 5.78 Å². The number of amides is 3. The third-order valence-corrected chi connectivity index (χ3v) is 8.67. The summed E-state index contributed by atoms with van der Waals surface area (Å²) in [5.41, 5.74) is 8.08. The van der Waals surface area contributed by atoms with Crippen LogP contribution in [-0.2, 0) is 20.7 Å². The molecular formula is C30H37Br2N5O5. The van der Waals surface area contributed by atoms with Gasteiger partial charge in [0.25, 0.3) is 0 Å². The standard InChI is InChI=1S/C30H37Br2N5O5/c1-30(2,3)42-26(39)17-34-24(16-25(38)19-14-21(31)27(33)22(32)15-19)28(40)36-11-9-20(10-12-36)37-13-8-18-6-4-5-7-23(18)35-29(37)41/h4-7,14-15,20,24,34H,8-13,16-17,33H2,1-3H3,(H,35,41)/t24-/m0/s1. The van der Waals surface area contributed by atoms with E-state index in [0.717, 1.165) is 17.7 Å². The van der Waals surface area contributed by atoms with E-state index in [0.29, 0.717) is 52.7 Å². The van der Waals surface area contributed by atoms with Crippen molar-refractivity contribution in [2.45, 2.75) is 64.1 Å². The van der Waals surface area contributed by atoms with Crippen LogP contribution in [0.5, 0.6) is 0 Å². The first-order valence-corrected chi connectivity index (χ1v) is 15.6. The van der Waals surface area contributed by atoms with E-state index in [1.807, 2.05) is 29.2 Å². The number of fused-ring (bicyclic) bond motifs is 1. The summed E-state index contributed by atoms with van der Waals surface area (Å²) < 4.78 is 6.52. The molecule has 2 heterocycles. The van der Waals surface area contributed by atoms with E-state index in [1.165, 1.54) is 0 Å². The maximum Gasteiger partial charge on any atom is 0.322 e. The molecule has 4 N–H and O–H groups in total. The van der Waals surface area contributed by atoms with E-state index in [1.54, 1.807) is 37.8 Å². The second kappa shape index (κ2) is 13.6. The van der Waals surface area contributed by atoms with E-state index in [4.69, 9.17) is 10.5 Å². The molecule has 2 aromatic rings. The zero-order valence-electron chi connectivity index (χ0n) is 24.0. The lowest BCUT2D eigenvalue weighted by molar-refractivity contribution is -0.153. The van der Waals surface area contributed by atoms with Crippen LogP contribution in [0.2, 0.25) is 0 Å². The SMILES string of the molecule is CC(C)(C)OC(=O)CN[C@@H](CC(=O)c1cc(Br)c(N)c(Br)c1)C(=O)N1CCC(N2CCc3ccccc3NC2=O)CC1. The number of hydrogen-bond donors (Lipinski definition) is 3. The molecule has 0 spiro atoms. The Morgan fingerprint density at radius 2 is 1.74 bits per heavy atom. The van der Waals surface area contributed by atoms with Crippen molar-refractivity contribution in [2.75, 3.05) is 37.2 Å². The summed E-state index contributed by atoms with van der Waals surface area (Å²) in [5, 5.41) is 5.99. The number of halogens is 2. The molecule has 2 aliphatic rings. The van der Waals surface area contributed by atoms with Gasteiger partial charge >= 0.3 is 12.0 Å². The summed E-state index contributed by atoms with van der Waals surface area (Å²) >= 11 is 6.73. The quantitative estimate of drug-likeness (QED) is 0.205. The van der Waals surface area contributed by atoms with Crippen molar-refractivity contribution >= 4 is 66.9 Å². The fraction of sp³-hybridized carbons (Fsp3) is 0.467. The molecule has 2 aromatic carbocycles. The number of nitrogens with two attached hydrogens (primary N) is 1. The zero-order valence-corrected chi connectivity index (χ0v) is 27.2. The lowest BCUT2D eigenvalue weighted by Crippen LogP contribution is -2.54. The topological polar surface area (TPSA) is 134 Å². The number of urea groups is 1. The summed E-state index contributed by atoms with van der Waals surface area (Å²) in [7, 11) is 0. The molecule has 3 amide bonds. The molecule has 1 saturated heterocycles. The maximum atomic E-state index is 13.7. The van der Waals surface area contributed by atoms with Gasteiger partial charge in [-0.15, -0.1) is 0 Å². The summed E-state index contributed by atoms with van der Waals surface area (Å²) in [4.78, 5) is 56.0. The molecule has 4 rings (SSSR count). The van der Waals surface area contributed by atoms with Crippen molar-refractivity contribution in [3.05, 3.63) is 56.5 Å². The number of carbonyl (C=O) groups excluding carboxylic acids is 4. The Morgan fingerprint density at radius 3 is 2.38 bits per heavy atom. The molecule has 42 heavy (non-hydrogen) atoms. The van der Waals surface area contributed by atoms with Crippen molar-refractivity contribution in [3.8, 4) is 0 Å². The lowest BCUT2D eigenvalue weighted by atomic mass is 9.99. The monoisotopic (exact) mass is 705 g/mol. The van der Waals surface area contributed by atoms with Crippen molar-refractivity contribution in [1.29, 1.82) is 0 Å². The Labute approximate surface area is 262 Å². The number of rotatable bonds is 8. The lowest BCUT2D eigenvalue weighted by Gasteiger charge is -2.39. The predicted molar refractivity (Wildman–Crippen MR) is 168 cm³/mol. The number of anilines is 2. The molecule has 0 unspecified atom stereocenters. The number of nitrogens with one attached hydrogen (secondary N) is 2. The first-order chi connectivity index (χ1) is 19.8. The highest BCUT2D eigenvalue weighted by Crippen LogP contribution is 2.30. The number of esters is 1. The summed E-state index contributed by atoms with van der Waals surface area (Å²) in [6.07, 6.45) is 1.82. The molecule has 0 bridgehead atoms. The van der Waals surface area contributed by atoms with Crippen LogP contribution in [0.25, 0.3) is 0 Å². The largest absolute Gasteiger partial charge is 0.459 e. The number of carbonyl (C=O) groups is 4. The third kappa shape index (κ3) is 8.11. The van der Waals surface area contributed by atoms with E-state index in [-0.39, 0.29) is 36.7 Å². The number of benzene rings is 2. The number of nitrogen functional groups attached to an aromatic ring is 1. The minimum Gasteiger partial charge on any atom is -0.459 e. The van der Waals surface area contributed by atoms with Gasteiger partial charge in [-0.1, -0.05) is 18.2 Å². The van der Waals surface area contributed by atoms with Gasteiger partial charge in [-0.25, -0.2) is 4.79 Å². The number of hydrogen-bond acceptors (Lipinski definition) is 7. The van der Waals surface area contributed by atoms with Crippen LogP contribution in [0.3, 0.4) is 0 Å². The number of likely N-dealkylation sites (tertiary alicyclic amines) is 1. The summed E-state index contributed by atoms with van der Waals surface area (Å²) in [6.45, 7) is 6.53. The maximum absolute atomic E-state index is 13.7. The summed E-state index contributed by atoms with van der Waals surface area (Å²) in [5.74, 6) is -1.06. The molecule has 226 valence electrons. The number of Topliss-reactive ketones (excluding diaryl/α,β-unsaturated/α-hetero) is 1. The minimum atomic E-state index is -0.937. The van der Waals surface area contributed by atoms with Gasteiger partial charge in [0.05, 0.1) is 18.3 Å². The van der Waals surface area contributed by atoms with Gasteiger partial charge in [0.1, 0.15) is 5.60 Å². The van der Waals surface area contributed by atoms with Gasteiger partial charge in [-0.05, 0) is 95.7 Å². The molecule has 0 aliphatic carbocycles. The highest BCUT2D eigenvalue weighted by atomic mass is 79.9. The average molecular weight is 707 g/mol. The van der Waals surface area contributed by atoms with Crippen LogP contribution < -0.4 is 16.4 Å². The molecule has 1 atom stereocenters. The number of nitrogens with zero attached hydrogens (tertiary/aromatic N) is 2. The van der Waals surface area contributed by atoms with E-state index < -0.39 is 17.6 Å². The number of piperidine rings is 1. The Hall–Kier alpha value is -2.96. The van der Waals surface area contributed by atoms with Gasteiger partial charge in [0, 0.05) is 52.3 Å². The fourth-order valence-corrected chi connectivity index (χ4v) is 6.42. The molecule has 0 radical (unpaired) electrons. The van der Waals surface area contributed by atoms with Crippen molar-refractivity contribution in [1.82, 2.24) is 15.1 Å². The Morgan fingerprint density at radius 1 is 1.10 bits per heavy atom. The fourth-order valence-electron chi connectivity index (χ4n) is 5.24. The smallest absolute Gasteiger partial charge is 0.322 e. The Balaban J connectivity index is 1.42. The molecular weight excluding hydrogens is 670 g/mol. The molecule has 0 aromatic heterocycles. The van der Waals surface area contributed by atoms with Crippen LogP contribution >= 0.6 is 31.9 Å². The third-order valence-electron chi connectivity index (χ3n) is 7.36. The van der Waals surface area contributed by atoms with E-state index in [9.17, 15) is 19.2 Å². The van der Waals surface area contributed by atoms with Crippen LogP contribution in [0.1, 0.15) is 56.0 Å². The van der Waals surface area contributed by atoms with Crippen LogP contribution in [-0.4, -0.2) is 77.4 Å². The molecule has 2 aliphatic heterocycles. The van der Waals surface area contributed by atoms with Crippen molar-refractivity contribution < 1.29 is 23.9 Å². The molecule has 12 heteroatoms. The van der Waals surface area contributed by atoms with Crippen LogP contribution in [0.15, 0.2) is 45.3 Å². The molecule has 1 fully saturated rings. The summed E-state index contributed by atoms with van der Waals surface area (Å²) in [6, 6.07) is 9.96. The van der Waals surface area contributed by atoms with Gasteiger partial charge in [-0.3, -0.25) is 19.7 Å². The molecule has 0 saturated carbocycles. The Bertz CT molecular complexity index is 1330. The Kier molecular flexibility index (Phi) is 10.3. The van der Waals surface area contributed by atoms with Crippen molar-refractivity contribution in [3.63, 3.8) is 0 Å². The first kappa shape index (κ1) is 32.0. The number of ether oxygens (including phenoxy) is 1. The second-order valence-corrected chi connectivity index (χ2v) is 13.3. The van der Waals surface area contributed by atoms with Gasteiger partial charge < -0.3 is 25.6 Å². The van der Waals surface area contributed by atoms with Crippen LogP contribution in [0.4, 0.5) is 16.2 Å². The van der Waals surface area contributed by atoms with Crippen molar-refractivity contribution in [2.24, 2.45) is 0 Å². The van der Waals surface area contributed by atoms with E-state index >= 15 is 0 Å². The number of para-hydroxylation sites is 1. The highest BCUT2D eigenvalue weighted by Gasteiger charge is 2.34. The minimum absolute atomic E-state index is 0.0114. The second-order valence-electron chi connectivity index (χ2n) is 11.6. The average Bonchev–Trinajstić information content (AvgIpc) is 3.10. The highest BCUT2D eigenvalue weighted by molar-refractivity contribution is 9.11. The van der Waals surface area contributed by atoms with E-state index in [2.05, 4.69) is 42.5 Å². The zero-order chi connectivity index (χ0) is 30.6. The van der Waals surface area contributed by atoms with Crippen LogP contribution in [0, 0.1) is 0 Å². The predicted octanol–water partition coefficient (Wildman–Crippen LogP) is 4.75.